The van der Waals surface area contributed by atoms with Crippen LogP contribution in [0.25, 0.3) is 0 Å². The maximum Gasteiger partial charge on any atom is 0.263 e. The maximum absolute atomic E-state index is 12.3. The van der Waals surface area contributed by atoms with E-state index in [-0.39, 0.29) is 11.5 Å². The number of hydrogen-bond donors (Lipinski definition) is 2. The topological polar surface area (TPSA) is 77.8 Å². The third-order valence-electron chi connectivity index (χ3n) is 5.11. The van der Waals surface area contributed by atoms with Gasteiger partial charge in [-0.3, -0.25) is 9.78 Å². The minimum absolute atomic E-state index is 0.130. The lowest BCUT2D eigenvalue weighted by atomic mass is 9.98. The third kappa shape index (κ3) is 8.72. The normalized spacial score (nSPS) is 17.8. The van der Waals surface area contributed by atoms with E-state index in [2.05, 4.69) is 15.6 Å². The average molecular weight is 369 g/mol. The lowest BCUT2D eigenvalue weighted by Gasteiger charge is -2.18. The molecule has 27 heavy (non-hydrogen) atoms. The number of nitriles is 1. The lowest BCUT2D eigenvalue weighted by molar-refractivity contribution is -0.117. The summed E-state index contributed by atoms with van der Waals surface area (Å²) in [6.07, 6.45) is 18.9. The first-order valence-electron chi connectivity index (χ1n) is 10.3. The van der Waals surface area contributed by atoms with Gasteiger partial charge in [-0.1, -0.05) is 63.9 Å². The Morgan fingerprint density at radius 2 is 1.74 bits per heavy atom. The Hall–Kier alpha value is -2.35. The highest BCUT2D eigenvalue weighted by molar-refractivity contribution is 5.97. The molecule has 0 bridgehead atoms. The molecular weight excluding hydrogens is 336 g/mol. The minimum Gasteiger partial charge on any atom is -0.387 e. The fourth-order valence-electron chi connectivity index (χ4n) is 3.46. The summed E-state index contributed by atoms with van der Waals surface area (Å²) in [5, 5.41) is 15.5. The molecule has 0 spiro atoms. The number of carbonyl (C=O) groups is 1. The second kappa shape index (κ2) is 12.9. The van der Waals surface area contributed by atoms with Crippen LogP contribution in [0.1, 0.15) is 76.2 Å². The van der Waals surface area contributed by atoms with Crippen LogP contribution >= 0.6 is 0 Å². The van der Waals surface area contributed by atoms with Crippen molar-refractivity contribution in [1.29, 1.82) is 5.26 Å². The Kier molecular flexibility index (Phi) is 10.0. The van der Waals surface area contributed by atoms with Gasteiger partial charge in [0.15, 0.2) is 0 Å². The van der Waals surface area contributed by atoms with Crippen molar-refractivity contribution in [2.24, 2.45) is 0 Å². The smallest absolute Gasteiger partial charge is 0.263 e. The van der Waals surface area contributed by atoms with Crippen molar-refractivity contribution in [2.75, 3.05) is 0 Å². The Morgan fingerprint density at radius 1 is 1.11 bits per heavy atom. The minimum atomic E-state index is -0.345. The molecule has 1 aromatic heterocycles. The van der Waals surface area contributed by atoms with Crippen LogP contribution in [-0.2, 0) is 11.3 Å². The van der Waals surface area contributed by atoms with Crippen molar-refractivity contribution in [3.63, 3.8) is 0 Å². The number of carbonyl (C=O) groups excluding carboxylic acids is 1. The predicted octanol–water partition coefficient (Wildman–Crippen LogP) is 4.37. The highest BCUT2D eigenvalue weighted by Gasteiger charge is 2.12. The van der Waals surface area contributed by atoms with E-state index < -0.39 is 0 Å². The standard InChI is InChI=1S/C22H32N4O/c23-15-20(22(27)26-17-19-11-10-14-24-16-19)18-25-21-12-8-6-4-2-1-3-5-7-9-13-21/h10-11,14,16,18,21,25H,1-9,12-13,17H2,(H,26,27)/b20-18-. The van der Waals surface area contributed by atoms with Crippen LogP contribution in [0.15, 0.2) is 36.3 Å². The van der Waals surface area contributed by atoms with E-state index >= 15 is 0 Å². The Morgan fingerprint density at radius 3 is 2.30 bits per heavy atom. The second-order valence-electron chi connectivity index (χ2n) is 7.34. The van der Waals surface area contributed by atoms with Crippen molar-refractivity contribution >= 4 is 5.91 Å². The van der Waals surface area contributed by atoms with Crippen LogP contribution < -0.4 is 10.6 Å². The van der Waals surface area contributed by atoms with Gasteiger partial charge in [0, 0.05) is 31.2 Å². The number of nitrogens with zero attached hydrogens (tertiary/aromatic N) is 2. The number of hydrogen-bond acceptors (Lipinski definition) is 4. The van der Waals surface area contributed by atoms with E-state index in [1.807, 2.05) is 18.2 Å². The molecule has 0 aromatic carbocycles. The summed E-state index contributed by atoms with van der Waals surface area (Å²) in [5.41, 5.74) is 1.04. The molecule has 5 nitrogen and oxygen atoms in total. The summed E-state index contributed by atoms with van der Waals surface area (Å²) >= 11 is 0. The first kappa shape index (κ1) is 21.0. The van der Waals surface area contributed by atoms with E-state index in [0.29, 0.717) is 12.6 Å². The van der Waals surface area contributed by atoms with Gasteiger partial charge in [0.1, 0.15) is 11.6 Å². The van der Waals surface area contributed by atoms with Crippen LogP contribution in [-0.4, -0.2) is 16.9 Å². The van der Waals surface area contributed by atoms with Gasteiger partial charge in [-0.15, -0.1) is 0 Å². The van der Waals surface area contributed by atoms with Gasteiger partial charge in [0.25, 0.3) is 5.91 Å². The van der Waals surface area contributed by atoms with Crippen LogP contribution in [0.3, 0.4) is 0 Å². The number of pyridine rings is 1. The van der Waals surface area contributed by atoms with Crippen molar-refractivity contribution < 1.29 is 4.79 Å². The summed E-state index contributed by atoms with van der Waals surface area (Å²) in [6.45, 7) is 0.370. The molecule has 0 aliphatic heterocycles. The van der Waals surface area contributed by atoms with Crippen LogP contribution in [0.4, 0.5) is 0 Å². The quantitative estimate of drug-likeness (QED) is 0.598. The number of nitrogens with one attached hydrogen (secondary N) is 2. The van der Waals surface area contributed by atoms with Crippen LogP contribution in [0.2, 0.25) is 0 Å². The number of amides is 1. The zero-order chi connectivity index (χ0) is 19.2. The van der Waals surface area contributed by atoms with E-state index in [9.17, 15) is 10.1 Å². The summed E-state index contributed by atoms with van der Waals surface area (Å²) in [7, 11) is 0. The first-order valence-corrected chi connectivity index (χ1v) is 10.3. The van der Waals surface area contributed by atoms with Gasteiger partial charge in [0.2, 0.25) is 0 Å². The molecule has 1 fully saturated rings. The predicted molar refractivity (Wildman–Crippen MR) is 107 cm³/mol. The lowest BCUT2D eigenvalue weighted by Crippen LogP contribution is -2.28. The van der Waals surface area contributed by atoms with Gasteiger partial charge >= 0.3 is 0 Å². The summed E-state index contributed by atoms with van der Waals surface area (Å²) in [5.74, 6) is -0.345. The summed E-state index contributed by atoms with van der Waals surface area (Å²) in [6, 6.07) is 6.09. The van der Waals surface area contributed by atoms with Crippen LogP contribution in [0.5, 0.6) is 0 Å². The zero-order valence-electron chi connectivity index (χ0n) is 16.3. The third-order valence-corrected chi connectivity index (χ3v) is 5.11. The molecule has 0 unspecified atom stereocenters. The fourth-order valence-corrected chi connectivity index (χ4v) is 3.46. The molecule has 5 heteroatoms. The monoisotopic (exact) mass is 368 g/mol. The van der Waals surface area contributed by atoms with E-state index in [1.165, 1.54) is 57.8 Å². The molecule has 146 valence electrons. The SMILES string of the molecule is N#C/C(=C/NC1CCCCCCCCCCC1)C(=O)NCc1cccnc1. The highest BCUT2D eigenvalue weighted by atomic mass is 16.1. The zero-order valence-corrected chi connectivity index (χ0v) is 16.3. The summed E-state index contributed by atoms with van der Waals surface area (Å²) < 4.78 is 0. The van der Waals surface area contributed by atoms with E-state index in [4.69, 9.17) is 0 Å². The molecule has 0 saturated heterocycles. The van der Waals surface area contributed by atoms with Crippen molar-refractivity contribution in [2.45, 2.75) is 83.2 Å². The largest absolute Gasteiger partial charge is 0.387 e. The molecular formula is C22H32N4O. The van der Waals surface area contributed by atoms with Gasteiger partial charge in [0.05, 0.1) is 0 Å². The summed E-state index contributed by atoms with van der Waals surface area (Å²) in [4.78, 5) is 16.3. The van der Waals surface area contributed by atoms with Crippen LogP contribution in [0, 0.1) is 11.3 Å². The molecule has 1 aromatic rings. The molecule has 1 heterocycles. The molecule has 1 aliphatic carbocycles. The fraction of sp³-hybridized carbons (Fsp3) is 0.591. The molecule has 2 N–H and O–H groups in total. The van der Waals surface area contributed by atoms with Gasteiger partial charge in [-0.25, -0.2) is 0 Å². The number of aromatic nitrogens is 1. The second-order valence-corrected chi connectivity index (χ2v) is 7.34. The first-order chi connectivity index (χ1) is 13.3. The number of rotatable bonds is 5. The average Bonchev–Trinajstić information content (AvgIpc) is 2.69. The van der Waals surface area contributed by atoms with Crippen molar-refractivity contribution in [3.8, 4) is 6.07 Å². The van der Waals surface area contributed by atoms with Crippen molar-refractivity contribution in [1.82, 2.24) is 15.6 Å². The molecule has 2 rings (SSSR count). The van der Waals surface area contributed by atoms with Gasteiger partial charge in [-0.2, -0.15) is 5.26 Å². The maximum atomic E-state index is 12.3. The molecule has 1 aliphatic rings. The van der Waals surface area contributed by atoms with E-state index in [0.717, 1.165) is 18.4 Å². The van der Waals surface area contributed by atoms with Crippen molar-refractivity contribution in [3.05, 3.63) is 41.9 Å². The molecule has 0 atom stereocenters. The molecule has 1 saturated carbocycles. The molecule has 0 radical (unpaired) electrons. The Labute approximate surface area is 163 Å². The van der Waals surface area contributed by atoms with E-state index in [1.54, 1.807) is 18.6 Å². The Bertz CT molecular complexity index is 609. The molecule has 1 amide bonds. The van der Waals surface area contributed by atoms with Gasteiger partial charge in [-0.05, 0) is 24.5 Å². The van der Waals surface area contributed by atoms with Gasteiger partial charge < -0.3 is 10.6 Å². The highest BCUT2D eigenvalue weighted by Crippen LogP contribution is 2.17. The Balaban J connectivity index is 1.84.